The van der Waals surface area contributed by atoms with E-state index in [1.54, 1.807) is 0 Å². The molecule has 0 spiro atoms. The van der Waals surface area contributed by atoms with Gasteiger partial charge in [0.2, 0.25) is 5.91 Å². The third kappa shape index (κ3) is 3.60. The first-order valence-electron chi connectivity index (χ1n) is 10.9. The van der Waals surface area contributed by atoms with Gasteiger partial charge in [0.15, 0.2) is 11.5 Å². The summed E-state index contributed by atoms with van der Waals surface area (Å²) in [7, 11) is 0. The number of hydrogen-bond donors (Lipinski definition) is 1. The number of carbonyl (C=O) groups excluding carboxylic acids is 1. The van der Waals surface area contributed by atoms with Crippen LogP contribution in [0.5, 0.6) is 11.5 Å². The Labute approximate surface area is 177 Å². The zero-order chi connectivity index (χ0) is 20.4. The maximum Gasteiger partial charge on any atom is 0.235 e. The first-order chi connectivity index (χ1) is 14.7. The topological polar surface area (TPSA) is 60.0 Å². The lowest BCUT2D eigenvalue weighted by Crippen LogP contribution is -2.38. The van der Waals surface area contributed by atoms with Crippen molar-refractivity contribution in [1.29, 1.82) is 0 Å². The van der Waals surface area contributed by atoms with Gasteiger partial charge in [-0.25, -0.2) is 0 Å². The number of anilines is 2. The van der Waals surface area contributed by atoms with Crippen molar-refractivity contribution in [2.75, 3.05) is 49.7 Å². The number of ether oxygens (including phenoxy) is 3. The van der Waals surface area contributed by atoms with Crippen molar-refractivity contribution < 1.29 is 19.0 Å². The third-order valence-electron chi connectivity index (χ3n) is 6.49. The fourth-order valence-electron chi connectivity index (χ4n) is 4.79. The van der Waals surface area contributed by atoms with Crippen molar-refractivity contribution in [1.82, 2.24) is 0 Å². The lowest BCUT2D eigenvalue weighted by molar-refractivity contribution is -0.121. The zero-order valence-corrected chi connectivity index (χ0v) is 17.2. The number of amides is 1. The molecule has 2 aliphatic heterocycles. The zero-order valence-electron chi connectivity index (χ0n) is 17.2. The Morgan fingerprint density at radius 1 is 0.867 bits per heavy atom. The first-order valence-corrected chi connectivity index (χ1v) is 10.9. The van der Waals surface area contributed by atoms with Crippen LogP contribution in [-0.2, 0) is 14.9 Å². The summed E-state index contributed by atoms with van der Waals surface area (Å²) in [6, 6.07) is 14.1. The number of nitrogens with zero attached hydrogens (tertiary/aromatic N) is 1. The molecule has 6 nitrogen and oxygen atoms in total. The molecule has 1 saturated carbocycles. The smallest absolute Gasteiger partial charge is 0.235 e. The minimum atomic E-state index is -0.515. The average molecular weight is 408 g/mol. The van der Waals surface area contributed by atoms with E-state index in [1.165, 1.54) is 5.69 Å². The van der Waals surface area contributed by atoms with E-state index in [1.807, 2.05) is 30.3 Å². The SMILES string of the molecule is O=C(Nc1ccc(N2CCOCC2)cc1)C1(c2ccc3c(c2)OCCO3)CCCC1. The number of morpholine rings is 1. The van der Waals surface area contributed by atoms with E-state index in [2.05, 4.69) is 22.3 Å². The minimum absolute atomic E-state index is 0.0656. The molecule has 0 unspecified atom stereocenters. The highest BCUT2D eigenvalue weighted by molar-refractivity contribution is 5.99. The molecular formula is C24H28N2O4. The van der Waals surface area contributed by atoms with Gasteiger partial charge < -0.3 is 24.4 Å². The molecule has 30 heavy (non-hydrogen) atoms. The second kappa shape index (κ2) is 8.19. The van der Waals surface area contributed by atoms with Gasteiger partial charge in [-0.1, -0.05) is 18.9 Å². The summed E-state index contributed by atoms with van der Waals surface area (Å²) in [5.41, 5.74) is 2.50. The highest BCUT2D eigenvalue weighted by Gasteiger charge is 2.43. The lowest BCUT2D eigenvalue weighted by atomic mass is 9.77. The van der Waals surface area contributed by atoms with Gasteiger partial charge in [-0.15, -0.1) is 0 Å². The molecule has 1 saturated heterocycles. The molecule has 6 heteroatoms. The van der Waals surface area contributed by atoms with Crippen molar-refractivity contribution in [3.63, 3.8) is 0 Å². The molecule has 2 aromatic carbocycles. The normalized spacial score (nSPS) is 20.1. The Hall–Kier alpha value is -2.73. The Kier molecular flexibility index (Phi) is 5.25. The molecular weight excluding hydrogens is 380 g/mol. The standard InChI is InChI=1S/C24H28N2O4/c27-23(25-19-4-6-20(7-5-19)26-11-13-28-14-12-26)24(9-1-2-10-24)18-3-8-21-22(17-18)30-16-15-29-21/h3-8,17H,1-2,9-16H2,(H,25,27). The molecule has 2 aromatic rings. The Balaban J connectivity index is 1.35. The van der Waals surface area contributed by atoms with E-state index in [0.717, 1.165) is 74.7 Å². The maximum absolute atomic E-state index is 13.5. The summed E-state index contributed by atoms with van der Waals surface area (Å²) < 4.78 is 16.8. The van der Waals surface area contributed by atoms with Crippen LogP contribution in [0.1, 0.15) is 31.2 Å². The van der Waals surface area contributed by atoms with Crippen LogP contribution in [0.25, 0.3) is 0 Å². The molecule has 158 valence electrons. The molecule has 0 bridgehead atoms. The van der Waals surface area contributed by atoms with E-state index in [4.69, 9.17) is 14.2 Å². The predicted octanol–water partition coefficient (Wildman–Crippen LogP) is 3.74. The highest BCUT2D eigenvalue weighted by atomic mass is 16.6. The van der Waals surface area contributed by atoms with Gasteiger partial charge in [0.25, 0.3) is 0 Å². The maximum atomic E-state index is 13.5. The molecule has 1 amide bonds. The van der Waals surface area contributed by atoms with Crippen LogP contribution >= 0.6 is 0 Å². The number of carbonyl (C=O) groups is 1. The molecule has 0 radical (unpaired) electrons. The molecule has 1 aliphatic carbocycles. The Morgan fingerprint density at radius 3 is 2.30 bits per heavy atom. The summed E-state index contributed by atoms with van der Waals surface area (Å²) in [6.07, 6.45) is 3.81. The summed E-state index contributed by atoms with van der Waals surface area (Å²) in [6.45, 7) is 4.44. The molecule has 5 rings (SSSR count). The fourth-order valence-corrected chi connectivity index (χ4v) is 4.79. The number of rotatable bonds is 4. The van der Waals surface area contributed by atoms with Crippen molar-refractivity contribution in [2.45, 2.75) is 31.1 Å². The summed E-state index contributed by atoms with van der Waals surface area (Å²) in [4.78, 5) is 15.8. The van der Waals surface area contributed by atoms with Gasteiger partial charge in [0, 0.05) is 24.5 Å². The van der Waals surface area contributed by atoms with Crippen molar-refractivity contribution >= 4 is 17.3 Å². The third-order valence-corrected chi connectivity index (χ3v) is 6.49. The van der Waals surface area contributed by atoms with Crippen molar-refractivity contribution in [2.24, 2.45) is 0 Å². The molecule has 1 N–H and O–H groups in total. The molecule has 2 fully saturated rings. The number of nitrogens with one attached hydrogen (secondary N) is 1. The monoisotopic (exact) mass is 408 g/mol. The van der Waals surface area contributed by atoms with E-state index in [-0.39, 0.29) is 5.91 Å². The van der Waals surface area contributed by atoms with Crippen LogP contribution in [0.4, 0.5) is 11.4 Å². The van der Waals surface area contributed by atoms with Crippen molar-refractivity contribution in [3.05, 3.63) is 48.0 Å². The summed E-state index contributed by atoms with van der Waals surface area (Å²) >= 11 is 0. The number of hydrogen-bond acceptors (Lipinski definition) is 5. The Bertz CT molecular complexity index is 900. The van der Waals surface area contributed by atoms with Crippen LogP contribution in [0, 0.1) is 0 Å². The van der Waals surface area contributed by atoms with Gasteiger partial charge in [-0.3, -0.25) is 4.79 Å². The first kappa shape index (κ1) is 19.2. The van der Waals surface area contributed by atoms with Crippen LogP contribution in [0.2, 0.25) is 0 Å². The second-order valence-electron chi connectivity index (χ2n) is 8.25. The van der Waals surface area contributed by atoms with E-state index in [0.29, 0.717) is 13.2 Å². The van der Waals surface area contributed by atoms with Crippen LogP contribution < -0.4 is 19.7 Å². The van der Waals surface area contributed by atoms with Gasteiger partial charge in [-0.05, 0) is 54.8 Å². The minimum Gasteiger partial charge on any atom is -0.486 e. The van der Waals surface area contributed by atoms with Crippen LogP contribution in [0.15, 0.2) is 42.5 Å². The highest BCUT2D eigenvalue weighted by Crippen LogP contribution is 2.45. The Morgan fingerprint density at radius 2 is 1.57 bits per heavy atom. The largest absolute Gasteiger partial charge is 0.486 e. The number of fused-ring (bicyclic) bond motifs is 1. The van der Waals surface area contributed by atoms with Gasteiger partial charge in [-0.2, -0.15) is 0 Å². The fraction of sp³-hybridized carbons (Fsp3) is 0.458. The second-order valence-corrected chi connectivity index (χ2v) is 8.25. The average Bonchev–Trinajstić information content (AvgIpc) is 3.31. The lowest BCUT2D eigenvalue weighted by Gasteiger charge is -2.30. The van der Waals surface area contributed by atoms with Crippen LogP contribution in [-0.4, -0.2) is 45.4 Å². The van der Waals surface area contributed by atoms with Gasteiger partial charge in [0.1, 0.15) is 13.2 Å². The number of benzene rings is 2. The van der Waals surface area contributed by atoms with Crippen LogP contribution in [0.3, 0.4) is 0 Å². The van der Waals surface area contributed by atoms with Crippen molar-refractivity contribution in [3.8, 4) is 11.5 Å². The molecule has 0 atom stereocenters. The molecule has 3 aliphatic rings. The van der Waals surface area contributed by atoms with Gasteiger partial charge in [0.05, 0.1) is 18.6 Å². The molecule has 2 heterocycles. The van der Waals surface area contributed by atoms with E-state index < -0.39 is 5.41 Å². The quantitative estimate of drug-likeness (QED) is 0.835. The van der Waals surface area contributed by atoms with Gasteiger partial charge >= 0.3 is 0 Å². The predicted molar refractivity (Wildman–Crippen MR) is 116 cm³/mol. The van der Waals surface area contributed by atoms with E-state index in [9.17, 15) is 4.79 Å². The molecule has 0 aromatic heterocycles. The summed E-state index contributed by atoms with van der Waals surface area (Å²) in [5, 5.41) is 3.18. The summed E-state index contributed by atoms with van der Waals surface area (Å²) in [5.74, 6) is 1.57. The van der Waals surface area contributed by atoms with E-state index >= 15 is 0 Å².